The SMILES string of the molecule is C=C(C)[C@@H](CC=C(C)C)C[C@]12C[C@H](CC=C(C)C)C(C)(C)[C@@](CC=C(C)C)(C(=O)C(=C(O)c3ccc(OC(=O)C(O)C(C)(CO)C(=O)O)c(O)c3)C1=O)C2=O. The van der Waals surface area contributed by atoms with Crippen LogP contribution in [0.2, 0.25) is 0 Å². The lowest BCUT2D eigenvalue weighted by Gasteiger charge is -2.60. The summed E-state index contributed by atoms with van der Waals surface area (Å²) in [5.41, 5.74) is -3.79. The molecule has 1 aromatic rings. The first-order valence-corrected chi connectivity index (χ1v) is 18.6. The third-order valence-corrected chi connectivity index (χ3v) is 11.9. The molecule has 300 valence electrons. The molecular weight excluding hydrogens is 704 g/mol. The highest BCUT2D eigenvalue weighted by Gasteiger charge is 2.74. The van der Waals surface area contributed by atoms with Gasteiger partial charge in [0.1, 0.15) is 22.2 Å². The van der Waals surface area contributed by atoms with Crippen LogP contribution < -0.4 is 4.74 Å². The number of rotatable bonds is 15. The largest absolute Gasteiger partial charge is 0.506 e. The first kappa shape index (κ1) is 44.8. The summed E-state index contributed by atoms with van der Waals surface area (Å²) in [5, 5.41) is 52.2. The van der Waals surface area contributed by atoms with Crippen LogP contribution in [0.3, 0.4) is 0 Å². The van der Waals surface area contributed by atoms with E-state index in [-0.39, 0.29) is 36.7 Å². The van der Waals surface area contributed by atoms with E-state index < -0.39 is 86.5 Å². The second-order valence-electron chi connectivity index (χ2n) is 17.0. The summed E-state index contributed by atoms with van der Waals surface area (Å²) < 4.78 is 5.06. The van der Waals surface area contributed by atoms with Crippen LogP contribution in [0.5, 0.6) is 11.5 Å². The maximum Gasteiger partial charge on any atom is 0.341 e. The van der Waals surface area contributed by atoms with Gasteiger partial charge in [0.15, 0.2) is 35.0 Å². The van der Waals surface area contributed by atoms with Crippen molar-refractivity contribution in [2.45, 2.75) is 107 Å². The van der Waals surface area contributed by atoms with Crippen LogP contribution in [0.1, 0.15) is 107 Å². The number of hydrogen-bond donors (Lipinski definition) is 5. The Balaban J connectivity index is 2.35. The predicted octanol–water partition coefficient (Wildman–Crippen LogP) is 7.40. The zero-order chi connectivity index (χ0) is 42.0. The molecule has 3 rings (SSSR count). The fourth-order valence-electron chi connectivity index (χ4n) is 7.86. The molecule has 2 saturated carbocycles. The number of carboxylic acid groups (broad SMARTS) is 1. The maximum atomic E-state index is 15.4. The van der Waals surface area contributed by atoms with E-state index in [9.17, 15) is 35.1 Å². The molecule has 2 aliphatic rings. The lowest BCUT2D eigenvalue weighted by atomic mass is 9.38. The Morgan fingerprint density at radius 3 is 2.04 bits per heavy atom. The van der Waals surface area contributed by atoms with Gasteiger partial charge in [0.25, 0.3) is 0 Å². The van der Waals surface area contributed by atoms with Gasteiger partial charge in [-0.1, -0.05) is 60.9 Å². The molecule has 1 aromatic carbocycles. The van der Waals surface area contributed by atoms with E-state index in [2.05, 4.69) is 12.7 Å². The zero-order valence-electron chi connectivity index (χ0n) is 33.8. The van der Waals surface area contributed by atoms with Crippen molar-refractivity contribution in [3.63, 3.8) is 0 Å². The molecule has 0 radical (unpaired) electrons. The summed E-state index contributed by atoms with van der Waals surface area (Å²) in [4.78, 5) is 70.0. The molecule has 2 aliphatic carbocycles. The van der Waals surface area contributed by atoms with Gasteiger partial charge in [-0.25, -0.2) is 4.79 Å². The highest BCUT2D eigenvalue weighted by atomic mass is 16.6. The van der Waals surface area contributed by atoms with Crippen molar-refractivity contribution in [1.82, 2.24) is 0 Å². The molecule has 0 aliphatic heterocycles. The maximum absolute atomic E-state index is 15.4. The van der Waals surface area contributed by atoms with Crippen LogP contribution in [-0.4, -0.2) is 67.5 Å². The molecule has 11 nitrogen and oxygen atoms in total. The summed E-state index contributed by atoms with van der Waals surface area (Å²) in [6.07, 6.45) is 4.81. The number of benzene rings is 1. The van der Waals surface area contributed by atoms with E-state index in [1.165, 1.54) is 6.07 Å². The van der Waals surface area contributed by atoms with Gasteiger partial charge in [-0.3, -0.25) is 19.2 Å². The molecule has 11 heteroatoms. The van der Waals surface area contributed by atoms with Gasteiger partial charge >= 0.3 is 11.9 Å². The number of carboxylic acids is 1. The molecule has 55 heavy (non-hydrogen) atoms. The number of aliphatic hydroxyl groups excluding tert-OH is 3. The molecule has 2 bridgehead atoms. The summed E-state index contributed by atoms with van der Waals surface area (Å²) >= 11 is 0. The molecule has 0 amide bonds. The molecule has 6 atom stereocenters. The Labute approximate surface area is 324 Å². The highest BCUT2D eigenvalue weighted by molar-refractivity contribution is 6.41. The smallest absolute Gasteiger partial charge is 0.341 e. The fraction of sp³-hybridized carbons (Fsp3) is 0.523. The summed E-state index contributed by atoms with van der Waals surface area (Å²) in [6, 6.07) is 3.17. The monoisotopic (exact) mass is 762 g/mol. The summed E-state index contributed by atoms with van der Waals surface area (Å²) in [7, 11) is 0. The number of ether oxygens (including phenoxy) is 1. The molecule has 0 saturated heterocycles. The van der Waals surface area contributed by atoms with Crippen molar-refractivity contribution in [2.75, 3.05) is 6.61 Å². The minimum absolute atomic E-state index is 0.00555. The van der Waals surface area contributed by atoms with E-state index in [4.69, 9.17) is 4.74 Å². The van der Waals surface area contributed by atoms with Crippen molar-refractivity contribution in [2.24, 2.45) is 33.5 Å². The Kier molecular flexibility index (Phi) is 13.5. The van der Waals surface area contributed by atoms with E-state index in [0.29, 0.717) is 12.8 Å². The van der Waals surface area contributed by atoms with Crippen LogP contribution in [0.15, 0.2) is 70.9 Å². The summed E-state index contributed by atoms with van der Waals surface area (Å²) in [5.74, 6) is -7.88. The first-order valence-electron chi connectivity index (χ1n) is 18.6. The van der Waals surface area contributed by atoms with Crippen LogP contribution in [-0.2, 0) is 24.0 Å². The van der Waals surface area contributed by atoms with Crippen LogP contribution in [0.4, 0.5) is 0 Å². The van der Waals surface area contributed by atoms with E-state index in [1.807, 2.05) is 74.5 Å². The van der Waals surface area contributed by atoms with Gasteiger partial charge in [-0.2, -0.15) is 0 Å². The van der Waals surface area contributed by atoms with Gasteiger partial charge in [0, 0.05) is 5.56 Å². The van der Waals surface area contributed by atoms with Gasteiger partial charge in [0.2, 0.25) is 0 Å². The third kappa shape index (κ3) is 8.19. The number of aliphatic carboxylic acids is 1. The normalized spacial score (nSPS) is 24.8. The molecule has 2 unspecified atom stereocenters. The first-order chi connectivity index (χ1) is 25.3. The number of fused-ring (bicyclic) bond motifs is 2. The number of Topliss-reactive ketones (excluding diaryl/α,β-unsaturated/α-hetero) is 3. The Morgan fingerprint density at radius 1 is 0.964 bits per heavy atom. The van der Waals surface area contributed by atoms with Gasteiger partial charge in [-0.15, -0.1) is 0 Å². The number of aliphatic hydroxyl groups is 3. The van der Waals surface area contributed by atoms with Crippen molar-refractivity contribution >= 4 is 35.0 Å². The minimum Gasteiger partial charge on any atom is -0.506 e. The number of carbonyl (C=O) groups excluding carboxylic acids is 4. The quantitative estimate of drug-likeness (QED) is 0.0227. The van der Waals surface area contributed by atoms with Crippen molar-refractivity contribution in [1.29, 1.82) is 0 Å². The molecule has 0 heterocycles. The van der Waals surface area contributed by atoms with Crippen LogP contribution >= 0.6 is 0 Å². The zero-order valence-corrected chi connectivity index (χ0v) is 33.8. The number of allylic oxidation sites excluding steroid dienone is 8. The lowest BCUT2D eigenvalue weighted by Crippen LogP contribution is -2.69. The van der Waals surface area contributed by atoms with Crippen molar-refractivity contribution < 1.29 is 54.2 Å². The number of phenolic OH excluding ortho intramolecular Hbond substituents is 1. The van der Waals surface area contributed by atoms with Crippen molar-refractivity contribution in [3.05, 3.63) is 76.4 Å². The average Bonchev–Trinajstić information content (AvgIpc) is 3.09. The number of esters is 1. The standard InChI is InChI=1S/C44H58O11/c1-24(2)12-14-29(27(7)8)21-43-22-30(16-13-25(3)4)41(9,10)44(39(43)52,19-18-26(5)6)36(49)33(35(43)48)34(47)28-15-17-32(31(46)20-28)55-38(51)37(50)42(11,23-45)40(53)54/h12-13,15,17-18,20,29-30,37,45-47,50H,7,14,16,19,21-23H2,1-6,8-11H3,(H,53,54)/t29-,30-,37?,42?,43-,44-/m0/s1. The minimum atomic E-state index is -2.32. The highest BCUT2D eigenvalue weighted by Crippen LogP contribution is 2.66. The van der Waals surface area contributed by atoms with Gasteiger partial charge in [-0.05, 0) is 123 Å². The topological polar surface area (TPSA) is 196 Å². The lowest BCUT2D eigenvalue weighted by molar-refractivity contribution is -0.177. The van der Waals surface area contributed by atoms with Crippen LogP contribution in [0, 0.1) is 33.5 Å². The second kappa shape index (κ2) is 16.6. The molecule has 2 fully saturated rings. The number of aromatic hydroxyl groups is 1. The number of hydrogen-bond acceptors (Lipinski definition) is 10. The number of carbonyl (C=O) groups is 5. The van der Waals surface area contributed by atoms with E-state index in [1.54, 1.807) is 0 Å². The Hall–Kier alpha value is -4.61. The fourth-order valence-corrected chi connectivity index (χ4v) is 7.86. The van der Waals surface area contributed by atoms with Gasteiger partial charge in [0.05, 0.1) is 12.0 Å². The molecule has 0 spiro atoms. The van der Waals surface area contributed by atoms with E-state index >= 15 is 14.4 Å². The number of phenols is 1. The number of ketones is 3. The predicted molar refractivity (Wildman–Crippen MR) is 209 cm³/mol. The van der Waals surface area contributed by atoms with Gasteiger partial charge < -0.3 is 30.3 Å². The summed E-state index contributed by atoms with van der Waals surface area (Å²) in [6.45, 7) is 21.2. The van der Waals surface area contributed by atoms with Crippen LogP contribution in [0.25, 0.3) is 5.76 Å². The third-order valence-electron chi connectivity index (χ3n) is 11.9. The van der Waals surface area contributed by atoms with Crippen molar-refractivity contribution in [3.8, 4) is 11.5 Å². The molecule has 5 N–H and O–H groups in total. The Morgan fingerprint density at radius 2 is 1.55 bits per heavy atom. The van der Waals surface area contributed by atoms with E-state index in [0.717, 1.165) is 41.3 Å². The Bertz CT molecular complexity index is 1880. The molecular formula is C44H58O11. The average molecular weight is 763 g/mol. The second-order valence-corrected chi connectivity index (χ2v) is 17.0. The molecule has 0 aromatic heterocycles.